The van der Waals surface area contributed by atoms with E-state index in [-0.39, 0.29) is 23.4 Å². The lowest BCUT2D eigenvalue weighted by Crippen LogP contribution is -3.00. The van der Waals surface area contributed by atoms with Gasteiger partial charge in [-0.15, -0.1) is 4.68 Å². The summed E-state index contributed by atoms with van der Waals surface area (Å²) in [5.41, 5.74) is 9.00. The second-order valence-corrected chi connectivity index (χ2v) is 9.10. The third kappa shape index (κ3) is 4.09. The van der Waals surface area contributed by atoms with Crippen LogP contribution in [0.1, 0.15) is 47.2 Å². The Hall–Kier alpha value is -2.57. The minimum atomic E-state index is -0.0766. The van der Waals surface area contributed by atoms with Gasteiger partial charge in [-0.05, 0) is 87.1 Å². The van der Waals surface area contributed by atoms with Crippen LogP contribution >= 0.6 is 0 Å². The Morgan fingerprint density at radius 2 is 1.53 bits per heavy atom. The van der Waals surface area contributed by atoms with Gasteiger partial charge in [0.2, 0.25) is 6.33 Å². The van der Waals surface area contributed by atoms with Crippen molar-refractivity contribution in [3.05, 3.63) is 57.9 Å². The summed E-state index contributed by atoms with van der Waals surface area (Å²) in [7, 11) is 3.36. The lowest BCUT2D eigenvalue weighted by molar-refractivity contribution is -0.750. The van der Waals surface area contributed by atoms with E-state index >= 15 is 0 Å². The molecule has 3 aromatic rings. The Morgan fingerprint density at radius 3 is 2.09 bits per heavy atom. The Morgan fingerprint density at radius 1 is 0.969 bits per heavy atom. The van der Waals surface area contributed by atoms with Gasteiger partial charge in [0.05, 0.1) is 25.3 Å². The van der Waals surface area contributed by atoms with Crippen LogP contribution in [0.3, 0.4) is 0 Å². The summed E-state index contributed by atoms with van der Waals surface area (Å²) < 4.78 is 15.5. The molecule has 0 radical (unpaired) electrons. The van der Waals surface area contributed by atoms with Crippen LogP contribution in [0.5, 0.6) is 11.5 Å². The Balaban J connectivity index is 0.00000181. The van der Waals surface area contributed by atoms with Crippen molar-refractivity contribution in [1.29, 1.82) is 0 Å². The molecular weight excluding hydrogens is 426 g/mol. The maximum Gasteiger partial charge on any atom is 0.309 e. The molecule has 0 fully saturated rings. The van der Waals surface area contributed by atoms with Gasteiger partial charge in [0.1, 0.15) is 6.54 Å². The highest BCUT2D eigenvalue weighted by molar-refractivity contribution is 5.65. The number of nitrogens with zero attached hydrogens (tertiary/aromatic N) is 3. The van der Waals surface area contributed by atoms with E-state index in [1.165, 1.54) is 33.4 Å². The summed E-state index contributed by atoms with van der Waals surface area (Å²) in [6, 6.07) is 6.42. The van der Waals surface area contributed by atoms with E-state index in [9.17, 15) is 0 Å². The zero-order valence-corrected chi connectivity index (χ0v) is 21.0. The zero-order chi connectivity index (χ0) is 21.8. The van der Waals surface area contributed by atoms with Gasteiger partial charge >= 0.3 is 5.82 Å². The van der Waals surface area contributed by atoms with Gasteiger partial charge in [0, 0.05) is 11.5 Å². The number of aryl methyl sites for hydroxylation is 2. The molecule has 0 aliphatic carbocycles. The minimum absolute atomic E-state index is 0. The average molecular weight is 460 g/mol. The number of methoxy groups -OCH3 is 2. The monoisotopic (exact) mass is 459 g/mol. The molecule has 0 spiro atoms. The van der Waals surface area contributed by atoms with Gasteiger partial charge < -0.3 is 27.4 Å². The number of hydrogen-bond acceptors (Lipinski definition) is 3. The Kier molecular flexibility index (Phi) is 7.32. The van der Waals surface area contributed by atoms with Gasteiger partial charge in [-0.25, -0.2) is 4.57 Å². The second kappa shape index (κ2) is 9.12. The zero-order valence-electron chi connectivity index (χ0n) is 20.3. The van der Waals surface area contributed by atoms with Crippen molar-refractivity contribution in [3.63, 3.8) is 0 Å². The fourth-order valence-electron chi connectivity index (χ4n) is 4.61. The topological polar surface area (TPSA) is 71.7 Å². The summed E-state index contributed by atoms with van der Waals surface area (Å²) in [5.74, 6) is 2.47. The summed E-state index contributed by atoms with van der Waals surface area (Å²) >= 11 is 0. The summed E-state index contributed by atoms with van der Waals surface area (Å²) in [4.78, 5) is 0. The maximum atomic E-state index is 5.56. The van der Waals surface area contributed by atoms with E-state index in [0.717, 1.165) is 35.9 Å². The number of hydrogen-bond donors (Lipinski definition) is 0. The number of rotatable bonds is 4. The molecule has 0 bridgehead atoms. The van der Waals surface area contributed by atoms with Gasteiger partial charge in [-0.2, -0.15) is 0 Å². The molecule has 0 saturated heterocycles. The van der Waals surface area contributed by atoms with Crippen LogP contribution in [0.2, 0.25) is 0 Å². The van der Waals surface area contributed by atoms with Crippen molar-refractivity contribution in [2.75, 3.05) is 14.2 Å². The van der Waals surface area contributed by atoms with E-state index in [1.807, 2.05) is 0 Å². The molecule has 0 atom stereocenters. The van der Waals surface area contributed by atoms with E-state index in [1.54, 1.807) is 14.2 Å². The number of benzene rings is 2. The molecular formula is C25H34ClN3O3. The summed E-state index contributed by atoms with van der Waals surface area (Å²) in [5, 5.41) is 5.04. The molecule has 0 saturated carbocycles. The average Bonchev–Trinajstić information content (AvgIpc) is 3.14. The maximum absolute atomic E-state index is 5.56. The molecule has 0 amide bonds. The van der Waals surface area contributed by atoms with Crippen molar-refractivity contribution in [2.24, 2.45) is 0 Å². The molecule has 7 heteroatoms. The van der Waals surface area contributed by atoms with E-state index in [2.05, 4.69) is 75.3 Å². The van der Waals surface area contributed by atoms with Gasteiger partial charge in [0.15, 0.2) is 11.5 Å². The standard InChI is InChI=1S/C25H32N3O2.ClH.H2O/c1-15-9-16(2)18(4)21(17(15)3)13-27-14-28-24(26-27)20-11-23(30-8)22(29-7)10-19(20)12-25(28,5)6;;/h9-11,14H,12-13H2,1-8H3;1H;1H2/q+1;;/p-1. The first kappa shape index (κ1) is 25.7. The van der Waals surface area contributed by atoms with E-state index in [4.69, 9.17) is 14.6 Å². The number of fused-ring (bicyclic) bond motifs is 3. The molecule has 1 aliphatic rings. The molecule has 6 nitrogen and oxygen atoms in total. The van der Waals surface area contributed by atoms with Gasteiger partial charge in [-0.3, -0.25) is 0 Å². The second-order valence-electron chi connectivity index (χ2n) is 9.10. The van der Waals surface area contributed by atoms with Crippen LogP contribution in [0.25, 0.3) is 11.4 Å². The van der Waals surface area contributed by atoms with Crippen molar-refractivity contribution in [3.8, 4) is 22.9 Å². The van der Waals surface area contributed by atoms with Gasteiger partial charge in [0.25, 0.3) is 0 Å². The van der Waals surface area contributed by atoms with Crippen LogP contribution in [-0.4, -0.2) is 29.5 Å². The molecule has 1 aromatic heterocycles. The lowest BCUT2D eigenvalue weighted by Gasteiger charge is -2.29. The van der Waals surface area contributed by atoms with Crippen LogP contribution in [0.15, 0.2) is 24.5 Å². The van der Waals surface area contributed by atoms with Gasteiger partial charge in [-0.1, -0.05) is 6.07 Å². The van der Waals surface area contributed by atoms with Crippen LogP contribution < -0.4 is 26.4 Å². The Bertz CT molecular complexity index is 1130. The number of halogens is 1. The fraction of sp³-hybridized carbons (Fsp3) is 0.440. The predicted octanol–water partition coefficient (Wildman–Crippen LogP) is 0.607. The normalized spacial score (nSPS) is 13.4. The van der Waals surface area contributed by atoms with E-state index < -0.39 is 0 Å². The van der Waals surface area contributed by atoms with Crippen molar-refractivity contribution in [1.82, 2.24) is 9.78 Å². The highest BCUT2D eigenvalue weighted by atomic mass is 35.5. The quantitative estimate of drug-likeness (QED) is 0.536. The first-order valence-electron chi connectivity index (χ1n) is 10.5. The number of aromatic nitrogens is 3. The fourth-order valence-corrected chi connectivity index (χ4v) is 4.61. The van der Waals surface area contributed by atoms with Crippen LogP contribution in [0, 0.1) is 27.7 Å². The molecule has 2 heterocycles. The first-order valence-corrected chi connectivity index (χ1v) is 10.5. The largest absolute Gasteiger partial charge is 1.00 e. The molecule has 2 aromatic carbocycles. The number of ether oxygens (including phenoxy) is 2. The van der Waals surface area contributed by atoms with Crippen molar-refractivity contribution in [2.45, 2.75) is 60.0 Å². The smallest absolute Gasteiger partial charge is 0.309 e. The van der Waals surface area contributed by atoms with Crippen molar-refractivity contribution < 1.29 is 31.9 Å². The minimum Gasteiger partial charge on any atom is -1.00 e. The molecule has 174 valence electrons. The summed E-state index contributed by atoms with van der Waals surface area (Å²) in [6.07, 6.45) is 3.07. The summed E-state index contributed by atoms with van der Waals surface area (Å²) in [6.45, 7) is 14.1. The molecule has 2 N–H and O–H groups in total. The molecule has 0 unspecified atom stereocenters. The third-order valence-corrected chi connectivity index (χ3v) is 6.67. The van der Waals surface area contributed by atoms with Crippen LogP contribution in [-0.2, 0) is 18.5 Å². The first-order chi connectivity index (χ1) is 14.2. The van der Waals surface area contributed by atoms with Crippen LogP contribution in [0.4, 0.5) is 0 Å². The van der Waals surface area contributed by atoms with E-state index in [0.29, 0.717) is 0 Å². The SMILES string of the molecule is COc1cc2c(cc1OC)-c1nn(Cc3c(C)c(C)cc(C)c3C)c[n+]1C(C)(C)C2.O.[Cl-]. The highest BCUT2D eigenvalue weighted by Gasteiger charge is 2.39. The highest BCUT2D eigenvalue weighted by Crippen LogP contribution is 2.39. The van der Waals surface area contributed by atoms with Crippen molar-refractivity contribution >= 4 is 0 Å². The third-order valence-electron chi connectivity index (χ3n) is 6.67. The molecule has 4 rings (SSSR count). The Labute approximate surface area is 196 Å². The molecule has 32 heavy (non-hydrogen) atoms. The molecule has 1 aliphatic heterocycles. The lowest BCUT2D eigenvalue weighted by atomic mass is 9.87. The predicted molar refractivity (Wildman–Crippen MR) is 122 cm³/mol.